The highest BCUT2D eigenvalue weighted by molar-refractivity contribution is 5.40. The number of aromatic nitrogens is 2. The van der Waals surface area contributed by atoms with E-state index in [1.54, 1.807) is 7.11 Å². The predicted molar refractivity (Wildman–Crippen MR) is 49.0 cm³/mol. The van der Waals surface area contributed by atoms with E-state index < -0.39 is 0 Å². The molecule has 0 aliphatic carbocycles. The lowest BCUT2D eigenvalue weighted by atomic mass is 10.3. The minimum Gasteiger partial charge on any atom is -1.00 e. The van der Waals surface area contributed by atoms with Crippen molar-refractivity contribution in [3.63, 3.8) is 0 Å². The van der Waals surface area contributed by atoms with Gasteiger partial charge in [0.05, 0.1) is 7.11 Å². The van der Waals surface area contributed by atoms with Crippen LogP contribution < -0.4 is 27.6 Å². The van der Waals surface area contributed by atoms with Crippen LogP contribution >= 0.6 is 0 Å². The van der Waals surface area contributed by atoms with E-state index in [0.717, 1.165) is 5.69 Å². The number of nitrogens with zero attached hydrogens (tertiary/aromatic N) is 2. The van der Waals surface area contributed by atoms with Gasteiger partial charge in [0.1, 0.15) is 5.27 Å². The molecule has 0 amide bonds. The molecule has 6 heteroatoms. The molecular formula is C9H10ClN3O2. The molecule has 2 aromatic rings. The van der Waals surface area contributed by atoms with E-state index in [0.29, 0.717) is 11.6 Å². The maximum Gasteiger partial charge on any atom is 0.340 e. The first kappa shape index (κ1) is 11.3. The molecular weight excluding hydrogens is 218 g/mol. The number of halogens is 1. The van der Waals surface area contributed by atoms with Crippen molar-refractivity contribution in [3.8, 4) is 11.4 Å². The molecule has 15 heavy (non-hydrogen) atoms. The quantitative estimate of drug-likeness (QED) is 0.579. The van der Waals surface area contributed by atoms with Gasteiger partial charge in [-0.3, -0.25) is 5.73 Å². The molecule has 0 bridgehead atoms. The molecule has 0 saturated heterocycles. The third-order valence-electron chi connectivity index (χ3n) is 1.86. The lowest BCUT2D eigenvalue weighted by Crippen LogP contribution is -3.00. The summed E-state index contributed by atoms with van der Waals surface area (Å²) in [4.78, 5) is 0. The average Bonchev–Trinajstić information content (AvgIpc) is 2.64. The van der Waals surface area contributed by atoms with Gasteiger partial charge in [-0.05, 0) is 12.1 Å². The molecule has 0 unspecified atom stereocenters. The van der Waals surface area contributed by atoms with Gasteiger partial charge in [0, 0.05) is 0 Å². The number of anilines is 1. The van der Waals surface area contributed by atoms with Crippen molar-refractivity contribution in [1.82, 2.24) is 5.27 Å². The second-order valence-corrected chi connectivity index (χ2v) is 2.71. The third-order valence-corrected chi connectivity index (χ3v) is 1.86. The summed E-state index contributed by atoms with van der Waals surface area (Å²) in [6.07, 6.45) is 1.37. The van der Waals surface area contributed by atoms with Crippen LogP contribution in [0.2, 0.25) is 0 Å². The highest BCUT2D eigenvalue weighted by atomic mass is 35.5. The Labute approximate surface area is 92.8 Å². The Hall–Kier alpha value is -1.75. The van der Waals surface area contributed by atoms with Crippen LogP contribution in [0.25, 0.3) is 5.69 Å². The number of hydrogen-bond donors (Lipinski definition) is 1. The Morgan fingerprint density at radius 2 is 2.13 bits per heavy atom. The van der Waals surface area contributed by atoms with Crippen LogP contribution in [0, 0.1) is 0 Å². The van der Waals surface area contributed by atoms with Gasteiger partial charge in [-0.2, -0.15) is 0 Å². The van der Waals surface area contributed by atoms with Crippen LogP contribution in [-0.2, 0) is 0 Å². The third kappa shape index (κ3) is 2.02. The van der Waals surface area contributed by atoms with E-state index in [4.69, 9.17) is 15.0 Å². The van der Waals surface area contributed by atoms with E-state index in [1.807, 2.05) is 24.3 Å². The van der Waals surface area contributed by atoms with Gasteiger partial charge in [0.15, 0.2) is 5.75 Å². The molecule has 2 rings (SSSR count). The van der Waals surface area contributed by atoms with E-state index in [1.165, 1.54) is 10.9 Å². The van der Waals surface area contributed by atoms with Gasteiger partial charge < -0.3 is 21.7 Å². The number of para-hydroxylation sites is 2. The lowest BCUT2D eigenvalue weighted by molar-refractivity contribution is -0.657. The number of nitrogens with two attached hydrogens (primary N) is 1. The molecule has 0 aliphatic rings. The molecule has 0 atom stereocenters. The minimum absolute atomic E-state index is 0. The van der Waals surface area contributed by atoms with Crippen LogP contribution in [0.1, 0.15) is 0 Å². The van der Waals surface area contributed by atoms with E-state index in [9.17, 15) is 0 Å². The van der Waals surface area contributed by atoms with Gasteiger partial charge in [0.25, 0.3) is 0 Å². The first-order chi connectivity index (χ1) is 6.83. The summed E-state index contributed by atoms with van der Waals surface area (Å²) in [5, 5.41) is 3.73. The average molecular weight is 228 g/mol. The van der Waals surface area contributed by atoms with Gasteiger partial charge >= 0.3 is 5.82 Å². The molecule has 1 heterocycles. The molecule has 0 fully saturated rings. The first-order valence-electron chi connectivity index (χ1n) is 4.08. The zero-order valence-electron chi connectivity index (χ0n) is 8.05. The summed E-state index contributed by atoms with van der Waals surface area (Å²) in [7, 11) is 1.59. The summed E-state index contributed by atoms with van der Waals surface area (Å²) in [6.45, 7) is 0. The lowest BCUT2D eigenvalue weighted by Gasteiger charge is -2.01. The van der Waals surface area contributed by atoms with Gasteiger partial charge in [-0.1, -0.05) is 16.8 Å². The zero-order valence-corrected chi connectivity index (χ0v) is 8.81. The van der Waals surface area contributed by atoms with Crippen LogP contribution in [0.3, 0.4) is 0 Å². The topological polar surface area (TPSA) is 65.2 Å². The van der Waals surface area contributed by atoms with Crippen LogP contribution in [0.4, 0.5) is 5.82 Å². The molecule has 1 aromatic carbocycles. The Morgan fingerprint density at radius 1 is 1.40 bits per heavy atom. The van der Waals surface area contributed by atoms with Gasteiger partial charge in [-0.15, -0.1) is 0 Å². The van der Waals surface area contributed by atoms with Crippen molar-refractivity contribution < 1.29 is 26.3 Å². The largest absolute Gasteiger partial charge is 1.00 e. The fourth-order valence-corrected chi connectivity index (χ4v) is 1.21. The highest BCUT2D eigenvalue weighted by Gasteiger charge is 2.16. The predicted octanol–water partition coefficient (Wildman–Crippen LogP) is -2.45. The summed E-state index contributed by atoms with van der Waals surface area (Å²) in [5.74, 6) is 1.12. The fraction of sp³-hybridized carbons (Fsp3) is 0.111. The van der Waals surface area contributed by atoms with Crippen LogP contribution in [0.15, 0.2) is 35.1 Å². The standard InChI is InChI=1S/C9H10N3O2.ClH/c1-13-8-5-3-2-4-7(8)12-9(10)6-14-11-12;/h2-6H,10H2,1H3;1H/q+1;/p-1. The van der Waals surface area contributed by atoms with Crippen LogP contribution in [0.5, 0.6) is 5.75 Å². The van der Waals surface area contributed by atoms with E-state index in [2.05, 4.69) is 5.27 Å². The SMILES string of the molecule is COc1ccccc1-[n+]1nocc1N.[Cl-]. The van der Waals surface area contributed by atoms with Crippen molar-refractivity contribution >= 4 is 5.82 Å². The van der Waals surface area contributed by atoms with E-state index >= 15 is 0 Å². The molecule has 0 aliphatic heterocycles. The van der Waals surface area contributed by atoms with Gasteiger partial charge in [-0.25, -0.2) is 0 Å². The molecule has 80 valence electrons. The van der Waals surface area contributed by atoms with Crippen molar-refractivity contribution in [1.29, 1.82) is 0 Å². The minimum atomic E-state index is 0. The fourth-order valence-electron chi connectivity index (χ4n) is 1.21. The Morgan fingerprint density at radius 3 is 2.73 bits per heavy atom. The Kier molecular flexibility index (Phi) is 3.51. The maximum atomic E-state index is 5.65. The maximum absolute atomic E-state index is 5.65. The molecule has 0 spiro atoms. The smallest absolute Gasteiger partial charge is 0.340 e. The molecule has 0 saturated carbocycles. The normalized spacial score (nSPS) is 9.40. The first-order valence-corrected chi connectivity index (χ1v) is 4.08. The van der Waals surface area contributed by atoms with Crippen molar-refractivity contribution in [3.05, 3.63) is 30.5 Å². The van der Waals surface area contributed by atoms with Gasteiger partial charge in [0.2, 0.25) is 12.0 Å². The number of ether oxygens (including phenoxy) is 1. The highest BCUT2D eigenvalue weighted by Crippen LogP contribution is 2.17. The summed E-state index contributed by atoms with van der Waals surface area (Å²) >= 11 is 0. The van der Waals surface area contributed by atoms with Crippen molar-refractivity contribution in [2.45, 2.75) is 0 Å². The van der Waals surface area contributed by atoms with Crippen molar-refractivity contribution in [2.24, 2.45) is 0 Å². The number of methoxy groups -OCH3 is 1. The molecule has 1 aromatic heterocycles. The molecule has 2 N–H and O–H groups in total. The van der Waals surface area contributed by atoms with Crippen molar-refractivity contribution in [2.75, 3.05) is 12.8 Å². The number of hydrogen-bond acceptors (Lipinski definition) is 4. The molecule has 5 nitrogen and oxygen atoms in total. The zero-order chi connectivity index (χ0) is 9.97. The monoisotopic (exact) mass is 227 g/mol. The second kappa shape index (κ2) is 4.65. The number of nitrogen functional groups attached to an aromatic ring is 1. The number of benzene rings is 1. The van der Waals surface area contributed by atoms with Crippen LogP contribution in [-0.4, -0.2) is 12.4 Å². The Bertz CT molecular complexity index is 444. The number of rotatable bonds is 2. The second-order valence-electron chi connectivity index (χ2n) is 2.71. The summed E-state index contributed by atoms with van der Waals surface area (Å²) in [5.41, 5.74) is 6.40. The molecule has 0 radical (unpaired) electrons. The van der Waals surface area contributed by atoms with E-state index in [-0.39, 0.29) is 12.4 Å². The summed E-state index contributed by atoms with van der Waals surface area (Å²) < 4.78 is 11.4. The Balaban J connectivity index is 0.00000112. The summed E-state index contributed by atoms with van der Waals surface area (Å²) in [6, 6.07) is 7.42.